The third-order valence-corrected chi connectivity index (χ3v) is 5.46. The van der Waals surface area contributed by atoms with Crippen molar-refractivity contribution in [3.05, 3.63) is 66.2 Å². The third-order valence-electron chi connectivity index (χ3n) is 5.46. The summed E-state index contributed by atoms with van der Waals surface area (Å²) >= 11 is 0. The highest BCUT2D eigenvalue weighted by atomic mass is 16.5. The number of fused-ring (bicyclic) bond motifs is 1. The van der Waals surface area contributed by atoms with Crippen molar-refractivity contribution in [3.63, 3.8) is 0 Å². The highest BCUT2D eigenvalue weighted by molar-refractivity contribution is 5.82. The topological polar surface area (TPSA) is 30.3 Å². The zero-order valence-electron chi connectivity index (χ0n) is 15.5. The van der Waals surface area contributed by atoms with Crippen LogP contribution >= 0.6 is 0 Å². The van der Waals surface area contributed by atoms with Gasteiger partial charge in [-0.3, -0.25) is 4.90 Å². The fourth-order valence-electron chi connectivity index (χ4n) is 4.00. The summed E-state index contributed by atoms with van der Waals surface area (Å²) in [5, 5.41) is 2.65. The summed E-state index contributed by atoms with van der Waals surface area (Å²) in [6.45, 7) is 4.94. The number of imidazole rings is 1. The average molecular weight is 349 g/mol. The minimum absolute atomic E-state index is 0.565. The highest BCUT2D eigenvalue weighted by Crippen LogP contribution is 2.28. The summed E-state index contributed by atoms with van der Waals surface area (Å²) in [6.07, 6.45) is 6.36. The van der Waals surface area contributed by atoms with Gasteiger partial charge in [0.15, 0.2) is 0 Å². The lowest BCUT2D eigenvalue weighted by Gasteiger charge is -2.32. The van der Waals surface area contributed by atoms with Crippen molar-refractivity contribution >= 4 is 10.8 Å². The second kappa shape index (κ2) is 8.02. The molecule has 136 valence electrons. The molecule has 0 aliphatic carbocycles. The van der Waals surface area contributed by atoms with E-state index in [1.165, 1.54) is 35.0 Å². The predicted molar refractivity (Wildman–Crippen MR) is 105 cm³/mol. The van der Waals surface area contributed by atoms with Gasteiger partial charge in [0.25, 0.3) is 0 Å². The number of likely N-dealkylation sites (tertiary alicyclic amines) is 1. The molecular weight excluding hydrogens is 322 g/mol. The van der Waals surface area contributed by atoms with Gasteiger partial charge >= 0.3 is 0 Å². The summed E-state index contributed by atoms with van der Waals surface area (Å²) in [5.41, 5.74) is 1.41. The van der Waals surface area contributed by atoms with Gasteiger partial charge in [0.1, 0.15) is 5.82 Å². The van der Waals surface area contributed by atoms with Gasteiger partial charge in [0.05, 0.1) is 6.61 Å². The molecule has 3 aromatic rings. The molecule has 1 aliphatic heterocycles. The van der Waals surface area contributed by atoms with Crippen LogP contribution < -0.4 is 0 Å². The number of nitrogens with zero attached hydrogens (tertiary/aromatic N) is 3. The lowest BCUT2D eigenvalue weighted by molar-refractivity contribution is 0.180. The SMILES string of the molecule is COCCn1ccnc1C1CCN(Cc2ccc3ccccc3c2)CC1. The Hall–Kier alpha value is -2.17. The molecule has 1 aromatic heterocycles. The van der Waals surface area contributed by atoms with Crippen molar-refractivity contribution in [3.8, 4) is 0 Å². The largest absolute Gasteiger partial charge is 0.383 e. The van der Waals surface area contributed by atoms with Crippen LogP contribution in [0, 0.1) is 0 Å². The Balaban J connectivity index is 1.36. The van der Waals surface area contributed by atoms with Gasteiger partial charge < -0.3 is 9.30 Å². The van der Waals surface area contributed by atoms with Crippen LogP contribution in [0.4, 0.5) is 0 Å². The molecule has 4 rings (SSSR count). The molecule has 26 heavy (non-hydrogen) atoms. The zero-order chi connectivity index (χ0) is 17.8. The van der Waals surface area contributed by atoms with Crippen molar-refractivity contribution in [2.45, 2.75) is 31.8 Å². The predicted octanol–water partition coefficient (Wildman–Crippen LogP) is 4.06. The van der Waals surface area contributed by atoms with E-state index in [1.807, 2.05) is 6.20 Å². The molecule has 1 aliphatic rings. The summed E-state index contributed by atoms with van der Waals surface area (Å²) in [7, 11) is 1.75. The van der Waals surface area contributed by atoms with E-state index in [0.717, 1.165) is 32.8 Å². The van der Waals surface area contributed by atoms with Crippen LogP contribution in [-0.4, -0.2) is 41.3 Å². The normalized spacial score (nSPS) is 16.3. The average Bonchev–Trinajstić information content (AvgIpc) is 3.15. The van der Waals surface area contributed by atoms with Gasteiger partial charge in [0.2, 0.25) is 0 Å². The molecule has 0 radical (unpaired) electrons. The molecule has 0 atom stereocenters. The van der Waals surface area contributed by atoms with E-state index < -0.39 is 0 Å². The lowest BCUT2D eigenvalue weighted by Crippen LogP contribution is -2.33. The van der Waals surface area contributed by atoms with E-state index in [1.54, 1.807) is 7.11 Å². The number of piperidine rings is 1. The first kappa shape index (κ1) is 17.3. The van der Waals surface area contributed by atoms with Crippen LogP contribution in [0.5, 0.6) is 0 Å². The Kier molecular flexibility index (Phi) is 5.32. The van der Waals surface area contributed by atoms with Crippen molar-refractivity contribution in [1.82, 2.24) is 14.5 Å². The first-order valence-corrected chi connectivity index (χ1v) is 9.53. The van der Waals surface area contributed by atoms with Crippen LogP contribution in [0.15, 0.2) is 54.9 Å². The van der Waals surface area contributed by atoms with E-state index in [0.29, 0.717) is 5.92 Å². The fourth-order valence-corrected chi connectivity index (χ4v) is 4.00. The minimum atomic E-state index is 0.565. The van der Waals surface area contributed by atoms with Crippen LogP contribution in [0.3, 0.4) is 0 Å². The maximum absolute atomic E-state index is 5.21. The van der Waals surface area contributed by atoms with E-state index in [9.17, 15) is 0 Å². The van der Waals surface area contributed by atoms with E-state index >= 15 is 0 Å². The molecule has 1 fully saturated rings. The first-order valence-electron chi connectivity index (χ1n) is 9.53. The minimum Gasteiger partial charge on any atom is -0.383 e. The number of aromatic nitrogens is 2. The Bertz CT molecular complexity index is 849. The van der Waals surface area contributed by atoms with Gasteiger partial charge in [-0.1, -0.05) is 36.4 Å². The quantitative estimate of drug-likeness (QED) is 0.672. The molecule has 2 aromatic carbocycles. The smallest absolute Gasteiger partial charge is 0.111 e. The Morgan fingerprint density at radius 3 is 2.69 bits per heavy atom. The van der Waals surface area contributed by atoms with Gasteiger partial charge in [0, 0.05) is 38.5 Å². The van der Waals surface area contributed by atoms with Crippen LogP contribution in [0.25, 0.3) is 10.8 Å². The Labute approximate surface area is 155 Å². The molecule has 4 heteroatoms. The van der Waals surface area contributed by atoms with Gasteiger partial charge in [-0.25, -0.2) is 4.98 Å². The number of rotatable bonds is 6. The maximum Gasteiger partial charge on any atom is 0.111 e. The molecule has 4 nitrogen and oxygen atoms in total. The van der Waals surface area contributed by atoms with Gasteiger partial charge in [-0.05, 0) is 48.3 Å². The van der Waals surface area contributed by atoms with Crippen LogP contribution in [0.2, 0.25) is 0 Å². The van der Waals surface area contributed by atoms with Crippen molar-refractivity contribution < 1.29 is 4.74 Å². The molecule has 0 amide bonds. The Morgan fingerprint density at radius 1 is 1.08 bits per heavy atom. The Morgan fingerprint density at radius 2 is 1.88 bits per heavy atom. The second-order valence-electron chi connectivity index (χ2n) is 7.20. The number of hydrogen-bond donors (Lipinski definition) is 0. The van der Waals surface area contributed by atoms with E-state index in [4.69, 9.17) is 4.74 Å². The third kappa shape index (κ3) is 3.81. The number of ether oxygens (including phenoxy) is 1. The summed E-state index contributed by atoms with van der Waals surface area (Å²) in [4.78, 5) is 7.20. The molecule has 0 unspecified atom stereocenters. The first-order chi connectivity index (χ1) is 12.8. The van der Waals surface area contributed by atoms with Crippen molar-refractivity contribution in [2.75, 3.05) is 26.8 Å². The second-order valence-corrected chi connectivity index (χ2v) is 7.20. The lowest BCUT2D eigenvalue weighted by atomic mass is 9.95. The molecule has 2 heterocycles. The van der Waals surface area contributed by atoms with Crippen molar-refractivity contribution in [2.24, 2.45) is 0 Å². The fraction of sp³-hybridized carbons (Fsp3) is 0.409. The van der Waals surface area contributed by atoms with Crippen LogP contribution in [0.1, 0.15) is 30.1 Å². The highest BCUT2D eigenvalue weighted by Gasteiger charge is 2.23. The number of benzene rings is 2. The summed E-state index contributed by atoms with van der Waals surface area (Å²) < 4.78 is 7.47. The standard InChI is InChI=1S/C22H27N3O/c1-26-15-14-25-13-10-23-22(25)20-8-11-24(12-9-20)17-18-6-7-19-4-2-3-5-21(19)16-18/h2-7,10,13,16,20H,8-9,11-12,14-15,17H2,1H3. The zero-order valence-corrected chi connectivity index (χ0v) is 15.5. The molecule has 0 spiro atoms. The number of methoxy groups -OCH3 is 1. The molecule has 0 bridgehead atoms. The van der Waals surface area contributed by atoms with E-state index in [2.05, 4.69) is 63.1 Å². The van der Waals surface area contributed by atoms with Crippen molar-refractivity contribution in [1.29, 1.82) is 0 Å². The molecule has 1 saturated heterocycles. The monoisotopic (exact) mass is 349 g/mol. The molecule has 0 saturated carbocycles. The van der Waals surface area contributed by atoms with E-state index in [-0.39, 0.29) is 0 Å². The summed E-state index contributed by atoms with van der Waals surface area (Å²) in [5.74, 6) is 1.79. The maximum atomic E-state index is 5.21. The number of hydrogen-bond acceptors (Lipinski definition) is 3. The molecule has 0 N–H and O–H groups in total. The molecular formula is C22H27N3O. The van der Waals surface area contributed by atoms with Gasteiger partial charge in [-0.2, -0.15) is 0 Å². The van der Waals surface area contributed by atoms with Crippen LogP contribution in [-0.2, 0) is 17.8 Å². The summed E-state index contributed by atoms with van der Waals surface area (Å²) in [6, 6.07) is 15.4. The van der Waals surface area contributed by atoms with Gasteiger partial charge in [-0.15, -0.1) is 0 Å².